The van der Waals surface area contributed by atoms with E-state index in [4.69, 9.17) is 11.6 Å². The molecule has 6 heteroatoms. The maximum absolute atomic E-state index is 6.16. The summed E-state index contributed by atoms with van der Waals surface area (Å²) in [7, 11) is 1.94. The minimum absolute atomic E-state index is 0.0356. The number of aromatic nitrogens is 2. The molecular formula is C14H16Br2ClN3. The molecule has 0 saturated carbocycles. The number of nitrogens with one attached hydrogen (secondary N) is 1. The van der Waals surface area contributed by atoms with Gasteiger partial charge in [0.25, 0.3) is 0 Å². The van der Waals surface area contributed by atoms with Gasteiger partial charge in [-0.2, -0.15) is 5.10 Å². The van der Waals surface area contributed by atoms with E-state index in [-0.39, 0.29) is 6.04 Å². The van der Waals surface area contributed by atoms with Crippen LogP contribution in [-0.2, 0) is 6.54 Å². The van der Waals surface area contributed by atoms with Crippen LogP contribution in [0, 0.1) is 0 Å². The summed E-state index contributed by atoms with van der Waals surface area (Å²) < 4.78 is 4.00. The van der Waals surface area contributed by atoms with E-state index in [9.17, 15) is 0 Å². The summed E-state index contributed by atoms with van der Waals surface area (Å²) in [6, 6.07) is 5.97. The molecule has 1 aromatic carbocycles. The summed E-state index contributed by atoms with van der Waals surface area (Å²) in [6.07, 6.45) is 2.88. The molecule has 3 nitrogen and oxygen atoms in total. The fourth-order valence-corrected chi connectivity index (χ4v) is 3.66. The second-order valence-corrected chi connectivity index (χ2v) is 6.73. The van der Waals surface area contributed by atoms with Crippen LogP contribution in [0.2, 0.25) is 5.02 Å². The van der Waals surface area contributed by atoms with Gasteiger partial charge in [0, 0.05) is 16.0 Å². The van der Waals surface area contributed by atoms with Gasteiger partial charge in [-0.05, 0) is 53.2 Å². The quantitative estimate of drug-likeness (QED) is 0.753. The zero-order valence-corrected chi connectivity index (χ0v) is 15.3. The molecule has 20 heavy (non-hydrogen) atoms. The van der Waals surface area contributed by atoms with Crippen LogP contribution < -0.4 is 5.32 Å². The van der Waals surface area contributed by atoms with Gasteiger partial charge in [-0.25, -0.2) is 0 Å². The SMILES string of the molecule is CCCn1ncc(Br)c1C(NC)c1cc(Cl)cc(Br)c1. The fourth-order valence-electron chi connectivity index (χ4n) is 2.25. The van der Waals surface area contributed by atoms with E-state index in [0.29, 0.717) is 5.02 Å². The molecule has 0 radical (unpaired) electrons. The third-order valence-corrected chi connectivity index (χ3v) is 4.34. The number of rotatable bonds is 5. The molecule has 1 atom stereocenters. The van der Waals surface area contributed by atoms with Crippen molar-refractivity contribution >= 4 is 43.5 Å². The normalized spacial score (nSPS) is 12.7. The molecule has 0 saturated heterocycles. The highest BCUT2D eigenvalue weighted by Gasteiger charge is 2.21. The Bertz CT molecular complexity index is 578. The average Bonchev–Trinajstić information content (AvgIpc) is 2.72. The first-order valence-corrected chi connectivity index (χ1v) is 8.37. The Morgan fingerprint density at radius 1 is 1.35 bits per heavy atom. The second kappa shape index (κ2) is 7.07. The summed E-state index contributed by atoms with van der Waals surface area (Å²) in [5.41, 5.74) is 2.22. The predicted octanol–water partition coefficient (Wildman–Crippen LogP) is 4.78. The molecule has 0 aliphatic heterocycles. The Morgan fingerprint density at radius 3 is 2.70 bits per heavy atom. The number of benzene rings is 1. The highest BCUT2D eigenvalue weighted by atomic mass is 79.9. The molecule has 0 bridgehead atoms. The zero-order chi connectivity index (χ0) is 14.7. The highest BCUT2D eigenvalue weighted by molar-refractivity contribution is 9.10. The van der Waals surface area contributed by atoms with E-state index in [0.717, 1.165) is 33.2 Å². The monoisotopic (exact) mass is 419 g/mol. The lowest BCUT2D eigenvalue weighted by Crippen LogP contribution is -2.22. The fraction of sp³-hybridized carbons (Fsp3) is 0.357. The standard InChI is InChI=1S/C14H16Br2ClN3/c1-3-4-20-14(12(16)8-19-20)13(18-2)9-5-10(15)7-11(17)6-9/h5-8,13,18H,3-4H2,1-2H3. The summed E-state index contributed by atoms with van der Waals surface area (Å²) in [4.78, 5) is 0. The van der Waals surface area contributed by atoms with Crippen LogP contribution in [0.25, 0.3) is 0 Å². The van der Waals surface area contributed by atoms with Gasteiger partial charge in [0.1, 0.15) is 0 Å². The highest BCUT2D eigenvalue weighted by Crippen LogP contribution is 2.31. The molecule has 0 fully saturated rings. The maximum atomic E-state index is 6.16. The van der Waals surface area contributed by atoms with Gasteiger partial charge in [-0.1, -0.05) is 34.5 Å². The third kappa shape index (κ3) is 3.45. The number of nitrogens with zero attached hydrogens (tertiary/aromatic N) is 2. The maximum Gasteiger partial charge on any atom is 0.0758 e. The van der Waals surface area contributed by atoms with Crippen LogP contribution in [0.15, 0.2) is 33.3 Å². The van der Waals surface area contributed by atoms with Crippen molar-refractivity contribution in [2.75, 3.05) is 7.05 Å². The van der Waals surface area contributed by atoms with E-state index >= 15 is 0 Å². The molecule has 1 unspecified atom stereocenters. The van der Waals surface area contributed by atoms with Crippen LogP contribution >= 0.6 is 43.5 Å². The zero-order valence-electron chi connectivity index (χ0n) is 11.3. The largest absolute Gasteiger partial charge is 0.308 e. The molecule has 0 aliphatic carbocycles. The molecule has 108 valence electrons. The van der Waals surface area contributed by atoms with Crippen LogP contribution in [-0.4, -0.2) is 16.8 Å². The molecule has 0 spiro atoms. The Kier molecular flexibility index (Phi) is 5.66. The lowest BCUT2D eigenvalue weighted by molar-refractivity contribution is 0.533. The number of hydrogen-bond acceptors (Lipinski definition) is 2. The first kappa shape index (κ1) is 16.0. The summed E-state index contributed by atoms with van der Waals surface area (Å²) in [5.74, 6) is 0. The van der Waals surface area contributed by atoms with Gasteiger partial charge >= 0.3 is 0 Å². The van der Waals surface area contributed by atoms with Crippen molar-refractivity contribution in [1.29, 1.82) is 0 Å². The van der Waals surface area contributed by atoms with Crippen molar-refractivity contribution in [3.63, 3.8) is 0 Å². The van der Waals surface area contributed by atoms with E-state index in [2.05, 4.69) is 55.3 Å². The van der Waals surface area contributed by atoms with Gasteiger partial charge in [0.05, 0.1) is 22.4 Å². The Morgan fingerprint density at radius 2 is 2.10 bits per heavy atom. The minimum atomic E-state index is 0.0356. The van der Waals surface area contributed by atoms with Crippen molar-refractivity contribution < 1.29 is 0 Å². The third-order valence-electron chi connectivity index (χ3n) is 3.05. The van der Waals surface area contributed by atoms with Gasteiger partial charge in [-0.3, -0.25) is 4.68 Å². The van der Waals surface area contributed by atoms with E-state index in [1.807, 2.05) is 30.1 Å². The molecule has 0 amide bonds. The number of hydrogen-bond donors (Lipinski definition) is 1. The van der Waals surface area contributed by atoms with Crippen molar-refractivity contribution in [1.82, 2.24) is 15.1 Å². The van der Waals surface area contributed by atoms with Crippen LogP contribution in [0.1, 0.15) is 30.6 Å². The van der Waals surface area contributed by atoms with Crippen molar-refractivity contribution in [3.05, 3.63) is 49.6 Å². The van der Waals surface area contributed by atoms with E-state index in [1.165, 1.54) is 0 Å². The van der Waals surface area contributed by atoms with Gasteiger partial charge in [0.15, 0.2) is 0 Å². The lowest BCUT2D eigenvalue weighted by atomic mass is 10.0. The van der Waals surface area contributed by atoms with E-state index in [1.54, 1.807) is 0 Å². The minimum Gasteiger partial charge on any atom is -0.308 e. The summed E-state index contributed by atoms with van der Waals surface area (Å²) >= 11 is 13.3. The molecular weight excluding hydrogens is 405 g/mol. The first-order valence-electron chi connectivity index (χ1n) is 6.41. The van der Waals surface area contributed by atoms with E-state index < -0.39 is 0 Å². The molecule has 1 N–H and O–H groups in total. The smallest absolute Gasteiger partial charge is 0.0758 e. The van der Waals surface area contributed by atoms with Crippen molar-refractivity contribution in [3.8, 4) is 0 Å². The van der Waals surface area contributed by atoms with Crippen molar-refractivity contribution in [2.24, 2.45) is 0 Å². The van der Waals surface area contributed by atoms with Crippen LogP contribution in [0.4, 0.5) is 0 Å². The Hall–Kier alpha value is -0.360. The number of aryl methyl sites for hydroxylation is 1. The molecule has 2 rings (SSSR count). The van der Waals surface area contributed by atoms with Gasteiger partial charge in [0.2, 0.25) is 0 Å². The van der Waals surface area contributed by atoms with Crippen LogP contribution in [0.5, 0.6) is 0 Å². The topological polar surface area (TPSA) is 29.9 Å². The Labute approximate surface area is 141 Å². The van der Waals surface area contributed by atoms with Gasteiger partial charge in [-0.15, -0.1) is 0 Å². The molecule has 2 aromatic rings. The molecule has 1 heterocycles. The molecule has 0 aliphatic rings. The summed E-state index contributed by atoms with van der Waals surface area (Å²) in [5, 5.41) is 8.49. The number of halogens is 3. The van der Waals surface area contributed by atoms with Crippen LogP contribution in [0.3, 0.4) is 0 Å². The predicted molar refractivity (Wildman–Crippen MR) is 90.3 cm³/mol. The Balaban J connectivity index is 2.49. The second-order valence-electron chi connectivity index (χ2n) is 4.53. The first-order chi connectivity index (χ1) is 9.56. The van der Waals surface area contributed by atoms with Gasteiger partial charge < -0.3 is 5.32 Å². The lowest BCUT2D eigenvalue weighted by Gasteiger charge is -2.20. The summed E-state index contributed by atoms with van der Waals surface area (Å²) in [6.45, 7) is 3.03. The molecule has 1 aromatic heterocycles. The average molecular weight is 422 g/mol. The van der Waals surface area contributed by atoms with Crippen molar-refractivity contribution in [2.45, 2.75) is 25.9 Å².